The lowest BCUT2D eigenvalue weighted by atomic mass is 9.98. The molecule has 1 atom stereocenters. The van der Waals surface area contributed by atoms with Crippen molar-refractivity contribution in [1.29, 1.82) is 0 Å². The summed E-state index contributed by atoms with van der Waals surface area (Å²) in [7, 11) is 0. The summed E-state index contributed by atoms with van der Waals surface area (Å²) < 4.78 is 0. The zero-order valence-corrected chi connectivity index (χ0v) is 18.9. The third-order valence-corrected chi connectivity index (χ3v) is 6.81. The Morgan fingerprint density at radius 3 is 2.80 bits per heavy atom. The minimum absolute atomic E-state index is 0.655. The number of likely N-dealkylation sites (tertiary alicyclic amines) is 1. The van der Waals surface area contributed by atoms with Gasteiger partial charge in [0.2, 0.25) is 0 Å². The molecular formula is C23H34N6S. The number of aromatic nitrogens is 1. The van der Waals surface area contributed by atoms with Gasteiger partial charge in [-0.2, -0.15) is 0 Å². The number of hydrogen-bond acceptors (Lipinski definition) is 5. The van der Waals surface area contributed by atoms with Crippen LogP contribution in [0.2, 0.25) is 0 Å². The van der Waals surface area contributed by atoms with Crippen molar-refractivity contribution in [3.8, 4) is 0 Å². The minimum atomic E-state index is 0.655. The molecule has 7 heteroatoms. The molecule has 0 aromatic carbocycles. The standard InChI is InChI=1S/C23H34N6S/c1-2-24-23(29-14-12-28(13-15-29)22-9-3-4-10-25-22)26-17-20-7-5-11-27(18-20)19-21-8-6-16-30-21/h3-4,6,8-10,16,20H,2,5,7,11-15,17-19H2,1H3,(H,24,26). The first-order chi connectivity index (χ1) is 14.8. The molecule has 2 aromatic heterocycles. The van der Waals surface area contributed by atoms with Gasteiger partial charge in [0.05, 0.1) is 0 Å². The van der Waals surface area contributed by atoms with Gasteiger partial charge < -0.3 is 15.1 Å². The van der Waals surface area contributed by atoms with E-state index < -0.39 is 0 Å². The SMILES string of the molecule is CCNC(=NCC1CCCN(Cc2cccs2)C1)N1CCN(c2ccccn2)CC1. The fourth-order valence-electron chi connectivity index (χ4n) is 4.40. The molecule has 0 amide bonds. The van der Waals surface area contributed by atoms with Crippen LogP contribution in [0.25, 0.3) is 0 Å². The van der Waals surface area contributed by atoms with Gasteiger partial charge in [-0.15, -0.1) is 11.3 Å². The molecule has 162 valence electrons. The predicted octanol–water partition coefficient (Wildman–Crippen LogP) is 3.14. The fraction of sp³-hybridized carbons (Fsp3) is 0.565. The highest BCUT2D eigenvalue weighted by Gasteiger charge is 2.23. The molecule has 4 heterocycles. The number of aliphatic imine (C=N–C) groups is 1. The van der Waals surface area contributed by atoms with E-state index in [9.17, 15) is 0 Å². The highest BCUT2D eigenvalue weighted by atomic mass is 32.1. The van der Waals surface area contributed by atoms with Crippen LogP contribution in [0, 0.1) is 5.92 Å². The number of nitrogens with one attached hydrogen (secondary N) is 1. The summed E-state index contributed by atoms with van der Waals surface area (Å²) in [5.41, 5.74) is 0. The molecule has 2 saturated heterocycles. The van der Waals surface area contributed by atoms with Crippen molar-refractivity contribution in [2.45, 2.75) is 26.3 Å². The van der Waals surface area contributed by atoms with Crippen LogP contribution in [0.1, 0.15) is 24.6 Å². The fourth-order valence-corrected chi connectivity index (χ4v) is 5.14. The number of piperidine rings is 1. The molecule has 1 N–H and O–H groups in total. The summed E-state index contributed by atoms with van der Waals surface area (Å²) in [6, 6.07) is 10.5. The van der Waals surface area contributed by atoms with Crippen LogP contribution >= 0.6 is 11.3 Å². The first-order valence-electron chi connectivity index (χ1n) is 11.3. The molecule has 0 aliphatic carbocycles. The van der Waals surface area contributed by atoms with E-state index in [0.717, 1.165) is 64.1 Å². The van der Waals surface area contributed by atoms with E-state index in [-0.39, 0.29) is 0 Å². The third kappa shape index (κ3) is 5.73. The Kier molecular flexibility index (Phi) is 7.59. The number of rotatable bonds is 6. The van der Waals surface area contributed by atoms with Gasteiger partial charge in [-0.1, -0.05) is 12.1 Å². The molecule has 2 aliphatic heterocycles. The van der Waals surface area contributed by atoms with E-state index in [2.05, 4.69) is 61.6 Å². The quantitative estimate of drug-likeness (QED) is 0.568. The van der Waals surface area contributed by atoms with E-state index in [4.69, 9.17) is 4.99 Å². The van der Waals surface area contributed by atoms with Crippen LogP contribution in [-0.2, 0) is 6.54 Å². The van der Waals surface area contributed by atoms with Gasteiger partial charge in [-0.05, 0) is 55.8 Å². The zero-order chi connectivity index (χ0) is 20.6. The second-order valence-corrected chi connectivity index (χ2v) is 9.21. The van der Waals surface area contributed by atoms with Crippen molar-refractivity contribution in [2.24, 2.45) is 10.9 Å². The van der Waals surface area contributed by atoms with Crippen molar-refractivity contribution >= 4 is 23.1 Å². The zero-order valence-electron chi connectivity index (χ0n) is 18.0. The number of nitrogens with zero attached hydrogens (tertiary/aromatic N) is 5. The Morgan fingerprint density at radius 2 is 2.07 bits per heavy atom. The number of anilines is 1. The highest BCUT2D eigenvalue weighted by molar-refractivity contribution is 7.09. The van der Waals surface area contributed by atoms with Gasteiger partial charge >= 0.3 is 0 Å². The van der Waals surface area contributed by atoms with Crippen molar-refractivity contribution in [3.05, 3.63) is 46.8 Å². The van der Waals surface area contributed by atoms with E-state index >= 15 is 0 Å². The van der Waals surface area contributed by atoms with E-state index in [1.165, 1.54) is 24.3 Å². The lowest BCUT2D eigenvalue weighted by Crippen LogP contribution is -2.53. The number of thiophene rings is 1. The molecule has 6 nitrogen and oxygen atoms in total. The van der Waals surface area contributed by atoms with Crippen LogP contribution < -0.4 is 10.2 Å². The average molecular weight is 427 g/mol. The predicted molar refractivity (Wildman–Crippen MR) is 126 cm³/mol. The number of hydrogen-bond donors (Lipinski definition) is 1. The van der Waals surface area contributed by atoms with Crippen LogP contribution in [-0.4, -0.2) is 73.1 Å². The maximum absolute atomic E-state index is 5.06. The Labute approximate surface area is 184 Å². The lowest BCUT2D eigenvalue weighted by Gasteiger charge is -2.37. The number of pyridine rings is 1. The Morgan fingerprint density at radius 1 is 1.17 bits per heavy atom. The molecule has 0 saturated carbocycles. The summed E-state index contributed by atoms with van der Waals surface area (Å²) >= 11 is 1.87. The second-order valence-electron chi connectivity index (χ2n) is 8.18. The van der Waals surface area contributed by atoms with Crippen molar-refractivity contribution in [3.63, 3.8) is 0 Å². The molecule has 0 spiro atoms. The topological polar surface area (TPSA) is 47.0 Å². The largest absolute Gasteiger partial charge is 0.357 e. The first kappa shape index (κ1) is 21.1. The molecule has 30 heavy (non-hydrogen) atoms. The van der Waals surface area contributed by atoms with Crippen LogP contribution in [0.4, 0.5) is 5.82 Å². The van der Waals surface area contributed by atoms with Gasteiger partial charge in [-0.25, -0.2) is 4.98 Å². The highest BCUT2D eigenvalue weighted by Crippen LogP contribution is 2.21. The molecule has 4 rings (SSSR count). The van der Waals surface area contributed by atoms with E-state index in [1.54, 1.807) is 0 Å². The molecule has 2 fully saturated rings. The normalized spacial score (nSPS) is 21.1. The van der Waals surface area contributed by atoms with Crippen LogP contribution in [0.5, 0.6) is 0 Å². The van der Waals surface area contributed by atoms with Crippen LogP contribution in [0.3, 0.4) is 0 Å². The van der Waals surface area contributed by atoms with Gasteiger partial charge in [0.1, 0.15) is 5.82 Å². The van der Waals surface area contributed by atoms with Crippen LogP contribution in [0.15, 0.2) is 46.9 Å². The molecule has 0 bridgehead atoms. The van der Waals surface area contributed by atoms with Gasteiger partial charge in [-0.3, -0.25) is 9.89 Å². The first-order valence-corrected chi connectivity index (χ1v) is 12.1. The molecular weight excluding hydrogens is 392 g/mol. The third-order valence-electron chi connectivity index (χ3n) is 5.95. The van der Waals surface area contributed by atoms with E-state index in [1.807, 2.05) is 23.6 Å². The summed E-state index contributed by atoms with van der Waals surface area (Å²) in [6.45, 7) is 11.4. The molecule has 1 unspecified atom stereocenters. The Balaban J connectivity index is 1.30. The molecule has 2 aliphatic rings. The monoisotopic (exact) mass is 426 g/mol. The summed E-state index contributed by atoms with van der Waals surface area (Å²) in [5, 5.41) is 5.70. The molecule has 0 radical (unpaired) electrons. The van der Waals surface area contributed by atoms with Crippen molar-refractivity contribution < 1.29 is 0 Å². The van der Waals surface area contributed by atoms with Gasteiger partial charge in [0.25, 0.3) is 0 Å². The van der Waals surface area contributed by atoms with Gasteiger partial charge in [0.15, 0.2) is 5.96 Å². The summed E-state index contributed by atoms with van der Waals surface area (Å²) in [6.07, 6.45) is 4.45. The maximum atomic E-state index is 5.06. The summed E-state index contributed by atoms with van der Waals surface area (Å²) in [5.74, 6) is 2.81. The van der Waals surface area contributed by atoms with Gasteiger partial charge in [0, 0.05) is 63.4 Å². The Hall–Kier alpha value is -2.12. The van der Waals surface area contributed by atoms with Crippen molar-refractivity contribution in [2.75, 3.05) is 57.3 Å². The second kappa shape index (κ2) is 10.8. The van der Waals surface area contributed by atoms with E-state index in [0.29, 0.717) is 5.92 Å². The lowest BCUT2D eigenvalue weighted by molar-refractivity contribution is 0.172. The number of guanidine groups is 1. The van der Waals surface area contributed by atoms with Crippen molar-refractivity contribution in [1.82, 2.24) is 20.1 Å². The minimum Gasteiger partial charge on any atom is -0.357 e. The Bertz CT molecular complexity index is 770. The maximum Gasteiger partial charge on any atom is 0.194 e. The summed E-state index contributed by atoms with van der Waals surface area (Å²) in [4.78, 5) is 18.4. The molecule has 2 aromatic rings. The smallest absolute Gasteiger partial charge is 0.194 e. The average Bonchev–Trinajstić information content (AvgIpc) is 3.31. The number of piperazine rings is 1.